The van der Waals surface area contributed by atoms with Crippen molar-refractivity contribution in [3.63, 3.8) is 0 Å². The molecule has 0 aromatic heterocycles. The zero-order chi connectivity index (χ0) is 15.8. The first kappa shape index (κ1) is 17.3. The monoisotopic (exact) mass is 317 g/mol. The second-order valence-corrected chi connectivity index (χ2v) is 6.57. The Hall–Kier alpha value is -1.03. The molecule has 0 spiro atoms. The van der Waals surface area contributed by atoms with Crippen molar-refractivity contribution in [2.24, 2.45) is 0 Å². The van der Waals surface area contributed by atoms with Gasteiger partial charge in [-0.2, -0.15) is 0 Å². The van der Waals surface area contributed by atoms with Crippen LogP contribution in [-0.2, 0) is 4.74 Å². The number of ether oxygens (including phenoxy) is 1. The molecule has 0 amide bonds. The fourth-order valence-electron chi connectivity index (χ4n) is 2.77. The van der Waals surface area contributed by atoms with Gasteiger partial charge >= 0.3 is 0 Å². The van der Waals surface area contributed by atoms with Gasteiger partial charge in [0.05, 0.1) is 18.0 Å². The number of morpholine rings is 1. The molecule has 120 valence electrons. The first-order valence-electron chi connectivity index (χ1n) is 8.15. The van der Waals surface area contributed by atoms with Gasteiger partial charge in [-0.05, 0) is 31.4 Å². The summed E-state index contributed by atoms with van der Waals surface area (Å²) in [6.07, 6.45) is 5.74. The lowest BCUT2D eigenvalue weighted by Crippen LogP contribution is -2.41. The second kappa shape index (κ2) is 9.19. The Morgan fingerprint density at radius 1 is 1.32 bits per heavy atom. The Morgan fingerprint density at radius 2 is 2.09 bits per heavy atom. The summed E-state index contributed by atoms with van der Waals surface area (Å²) in [5.74, 6) is 0. The molecule has 2 rings (SSSR count). The van der Waals surface area contributed by atoms with Crippen LogP contribution < -0.4 is 5.32 Å². The minimum Gasteiger partial charge on any atom is -0.374 e. The van der Waals surface area contributed by atoms with Crippen molar-refractivity contribution < 1.29 is 4.74 Å². The number of nitrogens with one attached hydrogen (secondary N) is 1. The first-order chi connectivity index (χ1) is 10.8. The summed E-state index contributed by atoms with van der Waals surface area (Å²) in [5, 5.41) is 3.78. The van der Waals surface area contributed by atoms with Crippen molar-refractivity contribution in [2.75, 3.05) is 19.7 Å². The molecular formula is C19H27NOS. The average molecular weight is 317 g/mol. The molecule has 0 aliphatic carbocycles. The van der Waals surface area contributed by atoms with Crippen LogP contribution in [0.2, 0.25) is 0 Å². The van der Waals surface area contributed by atoms with E-state index in [1.54, 1.807) is 0 Å². The summed E-state index contributed by atoms with van der Waals surface area (Å²) in [6, 6.07) is 10.7. The molecule has 0 radical (unpaired) electrons. The van der Waals surface area contributed by atoms with Gasteiger partial charge < -0.3 is 10.1 Å². The largest absolute Gasteiger partial charge is 0.374 e. The molecule has 1 aromatic carbocycles. The number of hydrogen-bond acceptors (Lipinski definition) is 3. The van der Waals surface area contributed by atoms with E-state index in [0.29, 0.717) is 5.25 Å². The van der Waals surface area contributed by atoms with Crippen LogP contribution in [0.5, 0.6) is 0 Å². The highest BCUT2D eigenvalue weighted by Gasteiger charge is 2.27. The van der Waals surface area contributed by atoms with Crippen LogP contribution in [0, 0.1) is 0 Å². The molecule has 0 saturated carbocycles. The molecule has 2 atom stereocenters. The fourth-order valence-corrected chi connectivity index (χ4v) is 4.21. The fraction of sp³-hybridized carbons (Fsp3) is 0.474. The van der Waals surface area contributed by atoms with E-state index in [-0.39, 0.29) is 6.10 Å². The number of benzene rings is 1. The van der Waals surface area contributed by atoms with E-state index in [1.165, 1.54) is 16.0 Å². The van der Waals surface area contributed by atoms with Crippen molar-refractivity contribution >= 4 is 11.8 Å². The summed E-state index contributed by atoms with van der Waals surface area (Å²) < 4.78 is 6.06. The normalized spacial score (nSPS) is 21.7. The van der Waals surface area contributed by atoms with Gasteiger partial charge in [0.1, 0.15) is 0 Å². The SMILES string of the molecule is C/C=C(CC)\C(=C/C)S[C@@H](c1ccccc1)[C@@H]1CNCCO1. The highest BCUT2D eigenvalue weighted by molar-refractivity contribution is 8.03. The third-order valence-corrected chi connectivity index (χ3v) is 5.57. The van der Waals surface area contributed by atoms with Crippen molar-refractivity contribution in [1.82, 2.24) is 5.32 Å². The third kappa shape index (κ3) is 4.48. The lowest BCUT2D eigenvalue weighted by Gasteiger charge is -2.32. The maximum absolute atomic E-state index is 6.06. The summed E-state index contributed by atoms with van der Waals surface area (Å²) in [4.78, 5) is 1.37. The van der Waals surface area contributed by atoms with E-state index in [9.17, 15) is 0 Å². The number of hydrogen-bond donors (Lipinski definition) is 1. The zero-order valence-electron chi connectivity index (χ0n) is 13.8. The molecule has 3 heteroatoms. The summed E-state index contributed by atoms with van der Waals surface area (Å²) in [7, 11) is 0. The van der Waals surface area contributed by atoms with E-state index < -0.39 is 0 Å². The minimum atomic E-state index is 0.214. The Balaban J connectivity index is 2.24. The van der Waals surface area contributed by atoms with Crippen molar-refractivity contribution in [1.29, 1.82) is 0 Å². The summed E-state index contributed by atoms with van der Waals surface area (Å²) >= 11 is 1.93. The average Bonchev–Trinajstić information content (AvgIpc) is 2.60. The molecule has 0 bridgehead atoms. The zero-order valence-corrected chi connectivity index (χ0v) is 14.7. The van der Waals surface area contributed by atoms with Gasteiger partial charge in [0.25, 0.3) is 0 Å². The van der Waals surface area contributed by atoms with Crippen LogP contribution in [0.1, 0.15) is 38.0 Å². The second-order valence-electron chi connectivity index (χ2n) is 5.38. The molecule has 1 N–H and O–H groups in total. The van der Waals surface area contributed by atoms with E-state index in [4.69, 9.17) is 4.74 Å². The van der Waals surface area contributed by atoms with Crippen LogP contribution in [-0.4, -0.2) is 25.8 Å². The third-order valence-electron chi connectivity index (χ3n) is 3.98. The highest BCUT2D eigenvalue weighted by atomic mass is 32.2. The maximum atomic E-state index is 6.06. The molecule has 1 fully saturated rings. The van der Waals surface area contributed by atoms with Crippen molar-refractivity contribution in [3.05, 3.63) is 58.5 Å². The van der Waals surface area contributed by atoms with Gasteiger partial charge in [-0.3, -0.25) is 0 Å². The van der Waals surface area contributed by atoms with Gasteiger partial charge in [0, 0.05) is 18.0 Å². The Morgan fingerprint density at radius 3 is 2.64 bits per heavy atom. The van der Waals surface area contributed by atoms with Crippen LogP contribution in [0.3, 0.4) is 0 Å². The van der Waals surface area contributed by atoms with Gasteiger partial charge in [-0.1, -0.05) is 49.4 Å². The molecule has 2 nitrogen and oxygen atoms in total. The molecule has 1 heterocycles. The van der Waals surface area contributed by atoms with Gasteiger partial charge in [0.15, 0.2) is 0 Å². The van der Waals surface area contributed by atoms with E-state index in [2.05, 4.69) is 68.6 Å². The highest BCUT2D eigenvalue weighted by Crippen LogP contribution is 2.42. The van der Waals surface area contributed by atoms with Gasteiger partial charge in [-0.15, -0.1) is 11.8 Å². The molecular weight excluding hydrogens is 290 g/mol. The summed E-state index contributed by atoms with van der Waals surface area (Å²) in [6.45, 7) is 9.14. The van der Waals surface area contributed by atoms with Crippen LogP contribution in [0.4, 0.5) is 0 Å². The summed E-state index contributed by atoms with van der Waals surface area (Å²) in [5.41, 5.74) is 2.75. The molecule has 1 aliphatic rings. The van der Waals surface area contributed by atoms with Crippen LogP contribution >= 0.6 is 11.8 Å². The molecule has 1 aliphatic heterocycles. The van der Waals surface area contributed by atoms with Crippen LogP contribution in [0.25, 0.3) is 0 Å². The molecule has 0 unspecified atom stereocenters. The maximum Gasteiger partial charge on any atom is 0.0862 e. The topological polar surface area (TPSA) is 21.3 Å². The van der Waals surface area contributed by atoms with Crippen molar-refractivity contribution in [3.8, 4) is 0 Å². The number of rotatable bonds is 6. The van der Waals surface area contributed by atoms with Crippen molar-refractivity contribution in [2.45, 2.75) is 38.5 Å². The molecule has 1 aromatic rings. The lowest BCUT2D eigenvalue weighted by molar-refractivity contribution is 0.0274. The van der Waals surface area contributed by atoms with E-state index in [0.717, 1.165) is 26.1 Å². The lowest BCUT2D eigenvalue weighted by atomic mass is 10.1. The predicted octanol–water partition coefficient (Wildman–Crippen LogP) is 4.71. The quantitative estimate of drug-likeness (QED) is 0.768. The van der Waals surface area contributed by atoms with E-state index >= 15 is 0 Å². The Bertz CT molecular complexity index is 503. The standard InChI is InChI=1S/C19H27NOS/c1-4-15(5-2)18(6-3)22-19(16-10-8-7-9-11-16)17-14-20-12-13-21-17/h4,6-11,17,19-20H,5,12-14H2,1-3H3/b15-4-,18-6+/t17-,19-/m0/s1. The Labute approximate surface area is 139 Å². The molecule has 22 heavy (non-hydrogen) atoms. The molecule has 1 saturated heterocycles. The van der Waals surface area contributed by atoms with Gasteiger partial charge in [-0.25, -0.2) is 0 Å². The number of thioether (sulfide) groups is 1. The van der Waals surface area contributed by atoms with E-state index in [1.807, 2.05) is 11.8 Å². The minimum absolute atomic E-state index is 0.214. The number of allylic oxidation sites excluding steroid dienone is 3. The smallest absolute Gasteiger partial charge is 0.0862 e. The van der Waals surface area contributed by atoms with Gasteiger partial charge in [0.2, 0.25) is 0 Å². The predicted molar refractivity (Wildman–Crippen MR) is 97.2 cm³/mol. The first-order valence-corrected chi connectivity index (χ1v) is 9.03. The Kier molecular flexibility index (Phi) is 7.23. The van der Waals surface area contributed by atoms with Crippen LogP contribution in [0.15, 0.2) is 53.0 Å².